The van der Waals surface area contributed by atoms with E-state index in [0.717, 1.165) is 46.4 Å². The van der Waals surface area contributed by atoms with Crippen LogP contribution in [-0.4, -0.2) is 0 Å². The minimum atomic E-state index is -0.136. The highest BCUT2D eigenvalue weighted by Crippen LogP contribution is 2.52. The van der Waals surface area contributed by atoms with Crippen LogP contribution in [0.1, 0.15) is 97.5 Å². The molecule has 6 aromatic carbocycles. The van der Waals surface area contributed by atoms with E-state index in [1.165, 1.54) is 77.9 Å². The smallest absolute Gasteiger partial charge is 0.0394 e. The molecule has 62 heavy (non-hydrogen) atoms. The first kappa shape index (κ1) is 43.5. The number of nitrogens with two attached hydrogens (primary N) is 1. The van der Waals surface area contributed by atoms with Crippen LogP contribution in [-0.2, 0) is 10.8 Å². The van der Waals surface area contributed by atoms with E-state index in [9.17, 15) is 0 Å². The molecule has 0 atom stereocenters. The van der Waals surface area contributed by atoms with Crippen molar-refractivity contribution in [1.29, 1.82) is 0 Å². The molecule has 0 unspecified atom stereocenters. The monoisotopic (exact) mass is 807 g/mol. The number of hydrogen-bond donors (Lipinski definition) is 1. The van der Waals surface area contributed by atoms with Crippen molar-refractivity contribution in [2.24, 2.45) is 0 Å². The van der Waals surface area contributed by atoms with Crippen LogP contribution in [0.2, 0.25) is 0 Å². The number of nitrogen functional groups attached to an aromatic ring is 1. The highest BCUT2D eigenvalue weighted by Gasteiger charge is 2.37. The van der Waals surface area contributed by atoms with E-state index in [1.54, 1.807) is 0 Å². The lowest BCUT2D eigenvalue weighted by molar-refractivity contribution is 0.619. The van der Waals surface area contributed by atoms with Gasteiger partial charge in [0, 0.05) is 27.7 Å². The third kappa shape index (κ3) is 8.36. The van der Waals surface area contributed by atoms with Gasteiger partial charge in [-0.1, -0.05) is 185 Å². The Bertz CT molecular complexity index is 2860. The number of benzene rings is 6. The number of fused-ring (bicyclic) bond motifs is 3. The summed E-state index contributed by atoms with van der Waals surface area (Å²) < 4.78 is 0. The van der Waals surface area contributed by atoms with Gasteiger partial charge in [0.1, 0.15) is 0 Å². The Morgan fingerprint density at radius 1 is 0.742 bits per heavy atom. The van der Waals surface area contributed by atoms with Crippen molar-refractivity contribution in [2.75, 3.05) is 5.73 Å². The van der Waals surface area contributed by atoms with Crippen molar-refractivity contribution in [1.82, 2.24) is 0 Å². The second-order valence-electron chi connectivity index (χ2n) is 18.1. The fourth-order valence-corrected chi connectivity index (χ4v) is 9.49. The van der Waals surface area contributed by atoms with E-state index in [0.29, 0.717) is 0 Å². The summed E-state index contributed by atoms with van der Waals surface area (Å²) in [7, 11) is 0. The molecule has 6 aromatic rings. The second kappa shape index (κ2) is 17.8. The van der Waals surface area contributed by atoms with E-state index in [2.05, 4.69) is 196 Å². The van der Waals surface area contributed by atoms with Crippen molar-refractivity contribution in [2.45, 2.75) is 86.0 Å². The molecule has 2 aliphatic rings. The number of rotatable bonds is 8. The van der Waals surface area contributed by atoms with Gasteiger partial charge < -0.3 is 5.73 Å². The number of aryl methyl sites for hydroxylation is 3. The molecule has 2 N–H and O–H groups in total. The van der Waals surface area contributed by atoms with Gasteiger partial charge in [0.2, 0.25) is 0 Å². The number of terminal acetylenes is 1. The second-order valence-corrected chi connectivity index (χ2v) is 18.1. The van der Waals surface area contributed by atoms with Gasteiger partial charge in [-0.25, -0.2) is 0 Å². The molecule has 0 bridgehead atoms. The summed E-state index contributed by atoms with van der Waals surface area (Å²) in [6, 6.07) is 43.8. The van der Waals surface area contributed by atoms with Crippen molar-refractivity contribution < 1.29 is 0 Å². The maximum Gasteiger partial charge on any atom is 0.0394 e. The number of allylic oxidation sites excluding steroid dienone is 9. The molecule has 2 aliphatic carbocycles. The molecule has 1 nitrogen and oxygen atoms in total. The van der Waals surface area contributed by atoms with Crippen LogP contribution in [0.4, 0.5) is 5.69 Å². The summed E-state index contributed by atoms with van der Waals surface area (Å²) in [4.78, 5) is 0. The average Bonchev–Trinajstić information content (AvgIpc) is 3.50. The van der Waals surface area contributed by atoms with Crippen molar-refractivity contribution in [3.63, 3.8) is 0 Å². The molecular weight excluding hydrogens is 747 g/mol. The van der Waals surface area contributed by atoms with Gasteiger partial charge in [-0.3, -0.25) is 0 Å². The van der Waals surface area contributed by atoms with Crippen molar-refractivity contribution in [3.05, 3.63) is 220 Å². The van der Waals surface area contributed by atoms with Crippen molar-refractivity contribution >= 4 is 16.8 Å². The predicted octanol–water partition coefficient (Wildman–Crippen LogP) is 16.1. The van der Waals surface area contributed by atoms with E-state index in [4.69, 9.17) is 12.2 Å². The number of anilines is 1. The molecule has 1 heteroatoms. The molecule has 0 amide bonds. The zero-order chi connectivity index (χ0) is 44.3. The van der Waals surface area contributed by atoms with E-state index in [-0.39, 0.29) is 10.8 Å². The van der Waals surface area contributed by atoms with Gasteiger partial charge in [0.15, 0.2) is 0 Å². The molecule has 0 aliphatic heterocycles. The Kier molecular flexibility index (Phi) is 12.5. The van der Waals surface area contributed by atoms with E-state index in [1.807, 2.05) is 30.3 Å². The maximum atomic E-state index is 6.72. The van der Waals surface area contributed by atoms with Gasteiger partial charge in [-0.15, -0.1) is 6.42 Å². The quantitative estimate of drug-likeness (QED) is 0.0925. The maximum absolute atomic E-state index is 6.72. The summed E-state index contributed by atoms with van der Waals surface area (Å²) >= 11 is 0. The summed E-state index contributed by atoms with van der Waals surface area (Å²) in [5.74, 6) is 2.94. The Morgan fingerprint density at radius 3 is 2.08 bits per heavy atom. The molecule has 0 radical (unpaired) electrons. The Balaban J connectivity index is 0.000000752. The highest BCUT2D eigenvalue weighted by atomic mass is 14.6. The predicted molar refractivity (Wildman–Crippen MR) is 270 cm³/mol. The molecule has 0 heterocycles. The van der Waals surface area contributed by atoms with Gasteiger partial charge >= 0.3 is 0 Å². The van der Waals surface area contributed by atoms with Gasteiger partial charge in [-0.2, -0.15) is 0 Å². The SMILES string of the molecule is C#CC1=C(c2ccc3c(c2C)-c2ccc(-c4ccc(-c5cc(C(=C/C=C)/C=C(\C)C(C)(C)c6ccccc6C)ccc5N)c(C)c4)cc2C3(C)C)CCC=C1.Cc1ccccc1. The van der Waals surface area contributed by atoms with Crippen LogP contribution >= 0.6 is 0 Å². The fourth-order valence-electron chi connectivity index (χ4n) is 9.49. The zero-order valence-electron chi connectivity index (χ0n) is 38.2. The molecule has 0 saturated heterocycles. The summed E-state index contributed by atoms with van der Waals surface area (Å²) in [5.41, 5.74) is 30.8. The lowest BCUT2D eigenvalue weighted by Gasteiger charge is -2.29. The molecule has 0 saturated carbocycles. The summed E-state index contributed by atoms with van der Waals surface area (Å²) in [5, 5.41) is 0. The topological polar surface area (TPSA) is 26.0 Å². The third-order valence-corrected chi connectivity index (χ3v) is 13.4. The molecular formula is C61H61N. The Morgan fingerprint density at radius 2 is 1.42 bits per heavy atom. The summed E-state index contributed by atoms with van der Waals surface area (Å²) in [6.07, 6.45) is 18.5. The van der Waals surface area contributed by atoms with E-state index >= 15 is 0 Å². The van der Waals surface area contributed by atoms with Crippen LogP contribution in [0.25, 0.3) is 44.5 Å². The molecule has 8 rings (SSSR count). The van der Waals surface area contributed by atoms with Gasteiger partial charge in [0.25, 0.3) is 0 Å². The minimum absolute atomic E-state index is 0.123. The standard InChI is InChI=1S/C54H53N.C7H8/c1-11-17-39(31-36(5)53(7,8)48-21-16-13-18-34(48)3)41-24-29-51(55)47(32-41)43-25-22-40(30-35(43)4)42-23-26-46-50(33-42)54(9,10)49-28-27-44(37(6)52(46)49)45-20-15-14-19-38(45)12-2;1-7-5-3-2-4-6-7/h2,11,13-14,16-19,21-33H,1,15,20,55H2,3-10H3;2-6H,1H3/b36-31+,39-17+;. The van der Waals surface area contributed by atoms with Crippen LogP contribution in [0.15, 0.2) is 169 Å². The van der Waals surface area contributed by atoms with Crippen molar-refractivity contribution in [3.8, 4) is 45.7 Å². The molecule has 0 spiro atoms. The first-order valence-electron chi connectivity index (χ1n) is 21.9. The first-order chi connectivity index (χ1) is 29.7. The lowest BCUT2D eigenvalue weighted by Crippen LogP contribution is -2.20. The average molecular weight is 808 g/mol. The van der Waals surface area contributed by atoms with Crippen LogP contribution in [0.3, 0.4) is 0 Å². The third-order valence-electron chi connectivity index (χ3n) is 13.4. The Labute approximate surface area is 372 Å². The molecule has 0 aromatic heterocycles. The summed E-state index contributed by atoms with van der Waals surface area (Å²) in [6.45, 7) is 24.3. The largest absolute Gasteiger partial charge is 0.398 e. The minimum Gasteiger partial charge on any atom is -0.398 e. The van der Waals surface area contributed by atoms with E-state index < -0.39 is 0 Å². The van der Waals surface area contributed by atoms with Crippen LogP contribution in [0.5, 0.6) is 0 Å². The highest BCUT2D eigenvalue weighted by molar-refractivity contribution is 5.91. The fraction of sp³-hybridized carbons (Fsp3) is 0.213. The zero-order valence-corrected chi connectivity index (χ0v) is 38.2. The Hall–Kier alpha value is -6.62. The van der Waals surface area contributed by atoms with Crippen LogP contribution < -0.4 is 5.73 Å². The first-order valence-corrected chi connectivity index (χ1v) is 21.9. The molecule has 0 fully saturated rings. The lowest BCUT2D eigenvalue weighted by atomic mass is 9.75. The van der Waals surface area contributed by atoms with Crippen LogP contribution in [0, 0.1) is 40.0 Å². The molecule has 310 valence electrons. The van der Waals surface area contributed by atoms with Gasteiger partial charge in [-0.05, 0) is 149 Å². The normalized spacial score (nSPS) is 14.4. The van der Waals surface area contributed by atoms with Gasteiger partial charge in [0.05, 0.1) is 0 Å². The number of hydrogen-bond acceptors (Lipinski definition) is 1.